The van der Waals surface area contributed by atoms with Gasteiger partial charge in [-0.15, -0.1) is 11.8 Å². The molecule has 0 saturated carbocycles. The fourth-order valence-corrected chi connectivity index (χ4v) is 5.75. The highest BCUT2D eigenvalue weighted by atomic mass is 32.2. The number of H-pyrrole nitrogens is 1. The second kappa shape index (κ2) is 8.46. The quantitative estimate of drug-likeness (QED) is 0.210. The molecule has 1 N–H and O–H groups in total. The number of allylic oxidation sites excluding steroid dienone is 1. The number of hydrogen-bond acceptors (Lipinski definition) is 1. The molecule has 2 heteroatoms. The third-order valence-corrected chi connectivity index (χ3v) is 7.31. The monoisotopic (exact) mass is 445 g/mol. The molecule has 0 amide bonds. The smallest absolute Gasteiger partial charge is 0.0548 e. The zero-order chi connectivity index (χ0) is 23.1. The third-order valence-electron chi connectivity index (χ3n) is 6.52. The van der Waals surface area contributed by atoms with Gasteiger partial charge in [-0.1, -0.05) is 79.9 Å². The lowest BCUT2D eigenvalue weighted by Gasteiger charge is -2.18. The van der Waals surface area contributed by atoms with Crippen molar-refractivity contribution in [1.82, 2.24) is 4.98 Å². The van der Waals surface area contributed by atoms with Gasteiger partial charge in [-0.3, -0.25) is 0 Å². The van der Waals surface area contributed by atoms with Gasteiger partial charge in [0.1, 0.15) is 0 Å². The van der Waals surface area contributed by atoms with Crippen LogP contribution in [0.15, 0.2) is 78.7 Å². The lowest BCUT2D eigenvalue weighted by atomic mass is 9.86. The van der Waals surface area contributed by atoms with Crippen molar-refractivity contribution in [2.45, 2.75) is 18.7 Å². The van der Waals surface area contributed by atoms with Crippen molar-refractivity contribution < 1.29 is 0 Å². The molecule has 0 aliphatic heterocycles. The van der Waals surface area contributed by atoms with E-state index in [1.807, 2.05) is 12.2 Å². The first-order valence-corrected chi connectivity index (χ1v) is 12.4. The normalized spacial score (nSPS) is 11.7. The van der Waals surface area contributed by atoms with Gasteiger partial charge in [0.15, 0.2) is 0 Å². The van der Waals surface area contributed by atoms with Crippen molar-refractivity contribution in [3.05, 3.63) is 96.2 Å². The molecule has 0 bridgehead atoms. The SMILES string of the molecule is C=Cc1c(-c2ccccc2SC)cc2c3ccccc3c3[nH]c(C)c(/C=C\C)c3c2c1C=C. The van der Waals surface area contributed by atoms with Crippen molar-refractivity contribution in [2.24, 2.45) is 0 Å². The molecule has 0 fully saturated rings. The van der Waals surface area contributed by atoms with Gasteiger partial charge >= 0.3 is 0 Å². The van der Waals surface area contributed by atoms with E-state index in [4.69, 9.17) is 0 Å². The maximum Gasteiger partial charge on any atom is 0.0548 e. The molecule has 5 rings (SSSR count). The predicted octanol–water partition coefficient (Wildman–Crippen LogP) is 9.49. The predicted molar refractivity (Wildman–Crippen MR) is 150 cm³/mol. The Kier molecular flexibility index (Phi) is 5.47. The largest absolute Gasteiger partial charge is 0.358 e. The fraction of sp³-hybridized carbons (Fsp3) is 0.0968. The average molecular weight is 446 g/mol. The Bertz CT molecular complexity index is 1600. The van der Waals surface area contributed by atoms with E-state index in [1.54, 1.807) is 11.8 Å². The van der Waals surface area contributed by atoms with E-state index in [0.29, 0.717) is 0 Å². The van der Waals surface area contributed by atoms with Gasteiger partial charge in [0.2, 0.25) is 0 Å². The fourth-order valence-electron chi connectivity index (χ4n) is 5.13. The highest BCUT2D eigenvalue weighted by molar-refractivity contribution is 7.98. The summed E-state index contributed by atoms with van der Waals surface area (Å²) in [5.41, 5.74) is 8.27. The summed E-state index contributed by atoms with van der Waals surface area (Å²) in [6.07, 6.45) is 10.4. The minimum absolute atomic E-state index is 1.13. The standard InChI is InChI=1S/C31H27NS/c1-6-13-22-19(4)32-31-25-16-10-9-14-23(25)27-18-26(24-15-11-12-17-28(24)33-5)20(7-2)21(8-3)29(27)30(22)31/h6-18,32H,2-3H2,1,4-5H3/b13-6-. The first kappa shape index (κ1) is 21.4. The van der Waals surface area contributed by atoms with Gasteiger partial charge in [-0.05, 0) is 65.3 Å². The van der Waals surface area contributed by atoms with Gasteiger partial charge in [-0.25, -0.2) is 0 Å². The number of benzene rings is 4. The molecule has 0 atom stereocenters. The average Bonchev–Trinajstić information content (AvgIpc) is 3.19. The lowest BCUT2D eigenvalue weighted by molar-refractivity contribution is 1.29. The topological polar surface area (TPSA) is 15.8 Å². The summed E-state index contributed by atoms with van der Waals surface area (Å²) in [4.78, 5) is 4.94. The van der Waals surface area contributed by atoms with Crippen molar-refractivity contribution in [3.63, 3.8) is 0 Å². The second-order valence-corrected chi connectivity index (χ2v) is 9.09. The van der Waals surface area contributed by atoms with Gasteiger partial charge in [0.25, 0.3) is 0 Å². The van der Waals surface area contributed by atoms with E-state index < -0.39 is 0 Å². The van der Waals surface area contributed by atoms with Crippen LogP contribution in [0.4, 0.5) is 0 Å². The summed E-state index contributed by atoms with van der Waals surface area (Å²) in [5, 5.41) is 6.21. The number of thioether (sulfide) groups is 1. The van der Waals surface area contributed by atoms with E-state index in [1.165, 1.54) is 59.7 Å². The van der Waals surface area contributed by atoms with Crippen molar-refractivity contribution in [3.8, 4) is 11.1 Å². The van der Waals surface area contributed by atoms with Gasteiger partial charge in [0.05, 0.1) is 5.52 Å². The molecule has 0 spiro atoms. The summed E-state index contributed by atoms with van der Waals surface area (Å²) in [7, 11) is 0. The van der Waals surface area contributed by atoms with Crippen LogP contribution in [0.5, 0.6) is 0 Å². The molecule has 0 unspecified atom stereocenters. The minimum atomic E-state index is 1.13. The molecule has 1 heterocycles. The first-order chi connectivity index (χ1) is 16.1. The van der Waals surface area contributed by atoms with Crippen LogP contribution >= 0.6 is 11.8 Å². The summed E-state index contributed by atoms with van der Waals surface area (Å²) < 4.78 is 0. The molecule has 162 valence electrons. The molecule has 0 radical (unpaired) electrons. The molecule has 0 aliphatic carbocycles. The lowest BCUT2D eigenvalue weighted by Crippen LogP contribution is -1.94. The van der Waals surface area contributed by atoms with E-state index in [0.717, 1.165) is 11.1 Å². The summed E-state index contributed by atoms with van der Waals surface area (Å²) >= 11 is 1.77. The highest BCUT2D eigenvalue weighted by Gasteiger charge is 2.20. The van der Waals surface area contributed by atoms with Crippen LogP contribution in [0.25, 0.3) is 61.8 Å². The highest BCUT2D eigenvalue weighted by Crippen LogP contribution is 2.45. The Morgan fingerprint density at radius 3 is 2.18 bits per heavy atom. The first-order valence-electron chi connectivity index (χ1n) is 11.2. The zero-order valence-electron chi connectivity index (χ0n) is 19.3. The van der Waals surface area contributed by atoms with Crippen molar-refractivity contribution >= 4 is 62.4 Å². The van der Waals surface area contributed by atoms with Gasteiger partial charge < -0.3 is 4.98 Å². The summed E-state index contributed by atoms with van der Waals surface area (Å²) in [5.74, 6) is 0. The number of hydrogen-bond donors (Lipinski definition) is 1. The molecule has 5 aromatic rings. The Hall–Kier alpha value is -3.49. The van der Waals surface area contributed by atoms with Gasteiger partial charge in [-0.2, -0.15) is 0 Å². The number of fused-ring (bicyclic) bond motifs is 6. The zero-order valence-corrected chi connectivity index (χ0v) is 20.1. The number of rotatable bonds is 5. The van der Waals surface area contributed by atoms with Crippen LogP contribution in [0.3, 0.4) is 0 Å². The Labute approximate surface area is 199 Å². The molecular formula is C31H27NS. The van der Waals surface area contributed by atoms with Crippen LogP contribution in [0, 0.1) is 6.92 Å². The number of nitrogens with one attached hydrogen (secondary N) is 1. The van der Waals surface area contributed by atoms with Crippen LogP contribution in [-0.4, -0.2) is 11.2 Å². The van der Waals surface area contributed by atoms with E-state index in [2.05, 4.69) is 105 Å². The molecule has 1 nitrogen and oxygen atoms in total. The number of aryl methyl sites for hydroxylation is 1. The molecule has 0 aliphatic rings. The molecule has 4 aromatic carbocycles. The third kappa shape index (κ3) is 3.17. The molecule has 33 heavy (non-hydrogen) atoms. The van der Waals surface area contributed by atoms with E-state index in [9.17, 15) is 0 Å². The van der Waals surface area contributed by atoms with E-state index in [-0.39, 0.29) is 0 Å². The van der Waals surface area contributed by atoms with Crippen molar-refractivity contribution in [1.29, 1.82) is 0 Å². The Balaban J connectivity index is 2.11. The van der Waals surface area contributed by atoms with Crippen LogP contribution in [0.2, 0.25) is 0 Å². The van der Waals surface area contributed by atoms with E-state index >= 15 is 0 Å². The maximum absolute atomic E-state index is 4.26. The van der Waals surface area contributed by atoms with Crippen LogP contribution in [0.1, 0.15) is 29.3 Å². The molecule has 0 saturated heterocycles. The van der Waals surface area contributed by atoms with Crippen LogP contribution in [-0.2, 0) is 0 Å². The Morgan fingerprint density at radius 2 is 1.48 bits per heavy atom. The van der Waals surface area contributed by atoms with Gasteiger partial charge in [0, 0.05) is 32.3 Å². The number of aromatic amines is 1. The second-order valence-electron chi connectivity index (χ2n) is 8.24. The number of aromatic nitrogens is 1. The maximum atomic E-state index is 4.26. The van der Waals surface area contributed by atoms with Crippen LogP contribution < -0.4 is 0 Å². The molecular weight excluding hydrogens is 418 g/mol. The molecule has 1 aromatic heterocycles. The Morgan fingerprint density at radius 1 is 0.788 bits per heavy atom. The summed E-state index contributed by atoms with van der Waals surface area (Å²) in [6.45, 7) is 12.7. The summed E-state index contributed by atoms with van der Waals surface area (Å²) in [6, 6.07) is 19.7. The van der Waals surface area contributed by atoms with Crippen molar-refractivity contribution in [2.75, 3.05) is 6.26 Å². The minimum Gasteiger partial charge on any atom is -0.358 e.